The molecule has 2 N–H and O–H groups in total. The summed E-state index contributed by atoms with van der Waals surface area (Å²) in [6, 6.07) is 6.15. The first-order valence-corrected chi connectivity index (χ1v) is 7.74. The molecule has 7 nitrogen and oxygen atoms in total. The summed E-state index contributed by atoms with van der Waals surface area (Å²) in [6.45, 7) is 8.00. The van der Waals surface area contributed by atoms with Crippen LogP contribution in [0.2, 0.25) is 0 Å². The summed E-state index contributed by atoms with van der Waals surface area (Å²) in [6.07, 6.45) is 0. The maximum absolute atomic E-state index is 12.4. The van der Waals surface area contributed by atoms with Gasteiger partial charge in [0.05, 0.1) is 11.0 Å². The van der Waals surface area contributed by atoms with Gasteiger partial charge in [-0.15, -0.1) is 12.4 Å². The number of carbonyl (C=O) groups excluding carboxylic acids is 1. The van der Waals surface area contributed by atoms with E-state index in [0.717, 1.165) is 0 Å². The number of halogens is 1. The van der Waals surface area contributed by atoms with Gasteiger partial charge in [0.1, 0.15) is 5.69 Å². The number of nitro benzene ring substituents is 1. The summed E-state index contributed by atoms with van der Waals surface area (Å²) in [5.41, 5.74) is 6.45. The van der Waals surface area contributed by atoms with Crippen molar-refractivity contribution in [2.24, 2.45) is 11.1 Å². The molecule has 24 heavy (non-hydrogen) atoms. The van der Waals surface area contributed by atoms with Crippen molar-refractivity contribution in [2.75, 3.05) is 31.1 Å². The van der Waals surface area contributed by atoms with Crippen molar-refractivity contribution in [1.29, 1.82) is 0 Å². The van der Waals surface area contributed by atoms with Crippen LogP contribution in [0.4, 0.5) is 11.4 Å². The summed E-state index contributed by atoms with van der Waals surface area (Å²) >= 11 is 0. The zero-order chi connectivity index (χ0) is 17.2. The van der Waals surface area contributed by atoms with Gasteiger partial charge in [0, 0.05) is 32.2 Å². The van der Waals surface area contributed by atoms with E-state index in [2.05, 4.69) is 0 Å². The first-order chi connectivity index (χ1) is 10.7. The Morgan fingerprint density at radius 1 is 1.21 bits per heavy atom. The lowest BCUT2D eigenvalue weighted by Gasteiger charge is -2.38. The molecule has 1 saturated heterocycles. The predicted octanol–water partition coefficient (Wildman–Crippen LogP) is 2.04. The number of hydrogen-bond acceptors (Lipinski definition) is 5. The molecule has 1 heterocycles. The lowest BCUT2D eigenvalue weighted by molar-refractivity contribution is -0.384. The molecule has 1 aromatic carbocycles. The minimum atomic E-state index is -0.542. The van der Waals surface area contributed by atoms with Crippen molar-refractivity contribution in [2.45, 2.75) is 26.8 Å². The molecule has 2 rings (SSSR count). The fraction of sp³-hybridized carbons (Fsp3) is 0.562. The number of amides is 1. The molecule has 134 valence electrons. The second kappa shape index (κ2) is 7.81. The lowest BCUT2D eigenvalue weighted by atomic mass is 9.86. The Labute approximate surface area is 148 Å². The van der Waals surface area contributed by atoms with Crippen molar-refractivity contribution in [3.63, 3.8) is 0 Å². The fourth-order valence-electron chi connectivity index (χ4n) is 2.62. The number of benzene rings is 1. The molecule has 0 aliphatic carbocycles. The third-order valence-corrected chi connectivity index (χ3v) is 4.21. The Kier molecular flexibility index (Phi) is 6.57. The SMILES string of the molecule is CC(C)(C)[C@H](N)C(=O)N1CCN(c2ccccc2[N+](=O)[O-])CC1.Cl. The Bertz CT molecular complexity index is 595. The van der Waals surface area contributed by atoms with Crippen molar-refractivity contribution in [1.82, 2.24) is 4.90 Å². The molecule has 0 radical (unpaired) electrons. The van der Waals surface area contributed by atoms with E-state index in [0.29, 0.717) is 31.9 Å². The largest absolute Gasteiger partial charge is 0.362 e. The standard InChI is InChI=1S/C16H24N4O3.ClH/c1-16(2,3)14(17)15(21)19-10-8-18(9-11-19)12-6-4-5-7-13(12)20(22)23;/h4-7,14H,8-11,17H2,1-3H3;1H/t14-;/m1./s1. The first kappa shape index (κ1) is 20.2. The maximum Gasteiger partial charge on any atom is 0.292 e. The van der Waals surface area contributed by atoms with Gasteiger partial charge in [-0.05, 0) is 11.5 Å². The highest BCUT2D eigenvalue weighted by atomic mass is 35.5. The van der Waals surface area contributed by atoms with Crippen molar-refractivity contribution < 1.29 is 9.72 Å². The number of piperazine rings is 1. The van der Waals surface area contributed by atoms with Crippen LogP contribution in [0.15, 0.2) is 24.3 Å². The van der Waals surface area contributed by atoms with Gasteiger partial charge >= 0.3 is 0 Å². The number of nitro groups is 1. The molecule has 0 aromatic heterocycles. The van der Waals surface area contributed by atoms with Crippen LogP contribution in [0.1, 0.15) is 20.8 Å². The number of carbonyl (C=O) groups is 1. The van der Waals surface area contributed by atoms with Crippen molar-refractivity contribution in [3.05, 3.63) is 34.4 Å². The van der Waals surface area contributed by atoms with Crippen LogP contribution in [0.5, 0.6) is 0 Å². The fourth-order valence-corrected chi connectivity index (χ4v) is 2.62. The molecule has 0 saturated carbocycles. The normalized spacial score (nSPS) is 16.3. The average molecular weight is 357 g/mol. The second-order valence-corrected chi connectivity index (χ2v) is 6.90. The van der Waals surface area contributed by atoms with E-state index < -0.39 is 6.04 Å². The molecule has 1 aliphatic rings. The summed E-state index contributed by atoms with van der Waals surface area (Å²) < 4.78 is 0. The van der Waals surface area contributed by atoms with E-state index >= 15 is 0 Å². The molecule has 1 amide bonds. The Hall–Kier alpha value is -1.86. The van der Waals surface area contributed by atoms with Gasteiger partial charge in [-0.1, -0.05) is 32.9 Å². The summed E-state index contributed by atoms with van der Waals surface area (Å²) in [4.78, 5) is 26.9. The quantitative estimate of drug-likeness (QED) is 0.660. The monoisotopic (exact) mass is 356 g/mol. The number of nitrogens with two attached hydrogens (primary N) is 1. The van der Waals surface area contributed by atoms with Crippen LogP contribution in [0, 0.1) is 15.5 Å². The van der Waals surface area contributed by atoms with Crippen molar-refractivity contribution in [3.8, 4) is 0 Å². The van der Waals surface area contributed by atoms with Gasteiger partial charge in [0.25, 0.3) is 5.69 Å². The van der Waals surface area contributed by atoms with Crippen LogP contribution in [-0.2, 0) is 4.79 Å². The van der Waals surface area contributed by atoms with E-state index in [-0.39, 0.29) is 34.3 Å². The number of anilines is 1. The minimum absolute atomic E-state index is 0. The Balaban J connectivity index is 0.00000288. The smallest absolute Gasteiger partial charge is 0.292 e. The van der Waals surface area contributed by atoms with Crippen LogP contribution in [0.3, 0.4) is 0 Å². The van der Waals surface area contributed by atoms with Crippen LogP contribution in [-0.4, -0.2) is 48.0 Å². The van der Waals surface area contributed by atoms with E-state index in [4.69, 9.17) is 5.73 Å². The lowest BCUT2D eigenvalue weighted by Crippen LogP contribution is -2.56. The third kappa shape index (κ3) is 4.36. The maximum atomic E-state index is 12.4. The highest BCUT2D eigenvalue weighted by Crippen LogP contribution is 2.28. The minimum Gasteiger partial charge on any atom is -0.362 e. The van der Waals surface area contributed by atoms with Gasteiger partial charge < -0.3 is 15.5 Å². The summed E-state index contributed by atoms with van der Waals surface area (Å²) in [5.74, 6) is -0.0558. The topological polar surface area (TPSA) is 92.7 Å². The number of rotatable bonds is 3. The summed E-state index contributed by atoms with van der Waals surface area (Å²) in [7, 11) is 0. The number of hydrogen-bond donors (Lipinski definition) is 1. The average Bonchev–Trinajstić information content (AvgIpc) is 2.52. The molecule has 0 unspecified atom stereocenters. The highest BCUT2D eigenvalue weighted by molar-refractivity contribution is 5.85. The Morgan fingerprint density at radius 2 is 1.75 bits per heavy atom. The Morgan fingerprint density at radius 3 is 2.25 bits per heavy atom. The van der Waals surface area contributed by atoms with Gasteiger partial charge in [0.15, 0.2) is 0 Å². The highest BCUT2D eigenvalue weighted by Gasteiger charge is 2.33. The number of para-hydroxylation sites is 2. The first-order valence-electron chi connectivity index (χ1n) is 7.74. The number of nitrogens with zero attached hydrogens (tertiary/aromatic N) is 3. The van der Waals surface area contributed by atoms with E-state index in [1.807, 2.05) is 25.7 Å². The van der Waals surface area contributed by atoms with E-state index in [1.54, 1.807) is 23.1 Å². The zero-order valence-electron chi connectivity index (χ0n) is 14.3. The molecule has 1 aliphatic heterocycles. The molecular formula is C16H25ClN4O3. The molecule has 0 spiro atoms. The van der Waals surface area contributed by atoms with E-state index in [9.17, 15) is 14.9 Å². The zero-order valence-corrected chi connectivity index (χ0v) is 15.1. The third-order valence-electron chi connectivity index (χ3n) is 4.21. The predicted molar refractivity (Wildman–Crippen MR) is 96.6 cm³/mol. The molecule has 1 aromatic rings. The van der Waals surface area contributed by atoms with Gasteiger partial charge in [-0.2, -0.15) is 0 Å². The second-order valence-electron chi connectivity index (χ2n) is 6.90. The van der Waals surface area contributed by atoms with Crippen molar-refractivity contribution >= 4 is 29.7 Å². The van der Waals surface area contributed by atoms with Crippen LogP contribution < -0.4 is 10.6 Å². The van der Waals surface area contributed by atoms with Crippen LogP contribution >= 0.6 is 12.4 Å². The van der Waals surface area contributed by atoms with Gasteiger partial charge in [-0.3, -0.25) is 14.9 Å². The van der Waals surface area contributed by atoms with E-state index in [1.165, 1.54) is 6.07 Å². The summed E-state index contributed by atoms with van der Waals surface area (Å²) in [5, 5.41) is 11.1. The van der Waals surface area contributed by atoms with Crippen LogP contribution in [0.25, 0.3) is 0 Å². The van der Waals surface area contributed by atoms with Gasteiger partial charge in [-0.25, -0.2) is 0 Å². The molecule has 8 heteroatoms. The molecule has 0 bridgehead atoms. The molecule has 1 atom stereocenters. The molecule has 1 fully saturated rings. The van der Waals surface area contributed by atoms with Gasteiger partial charge in [0.2, 0.25) is 5.91 Å². The molecular weight excluding hydrogens is 332 g/mol.